The maximum Gasteiger partial charge on any atom is 0.216 e. The molecule has 3 rings (SSSR count). The lowest BCUT2D eigenvalue weighted by molar-refractivity contribution is -0.130. The van der Waals surface area contributed by atoms with Crippen molar-refractivity contribution in [2.75, 3.05) is 36.2 Å². The number of nitrogens with one attached hydrogen (secondary N) is 1. The Morgan fingerprint density at radius 2 is 1.88 bits per heavy atom. The van der Waals surface area contributed by atoms with Gasteiger partial charge >= 0.3 is 0 Å². The van der Waals surface area contributed by atoms with Gasteiger partial charge in [-0.05, 0) is 49.1 Å². The van der Waals surface area contributed by atoms with Gasteiger partial charge in [-0.25, -0.2) is 0 Å². The van der Waals surface area contributed by atoms with E-state index in [1.165, 1.54) is 5.69 Å². The average Bonchev–Trinajstić information content (AvgIpc) is 2.68. The first-order valence-electron chi connectivity index (χ1n) is 8.34. The fourth-order valence-electron chi connectivity index (χ4n) is 3.18. The third-order valence-corrected chi connectivity index (χ3v) is 4.78. The number of aliphatic hydroxyl groups is 1. The molecule has 0 bridgehead atoms. The second kappa shape index (κ2) is 7.59. The minimum atomic E-state index is -0.522. The summed E-state index contributed by atoms with van der Waals surface area (Å²) in [5.41, 5.74) is 2.22. The number of carbonyl (C=O) groups is 2. The first kappa shape index (κ1) is 16.7. The van der Waals surface area contributed by atoms with Gasteiger partial charge in [-0.3, -0.25) is 14.9 Å². The number of aliphatic hydroxyl groups excluding tert-OH is 1. The fraction of sp³-hybridized carbons (Fsp3) is 0.444. The zero-order valence-corrected chi connectivity index (χ0v) is 13.6. The molecule has 0 aromatic heterocycles. The van der Waals surface area contributed by atoms with Crippen LogP contribution in [-0.4, -0.2) is 49.6 Å². The summed E-state index contributed by atoms with van der Waals surface area (Å²) in [6, 6.07) is 7.80. The molecule has 1 unspecified atom stereocenters. The number of benzene rings is 1. The molecule has 2 N–H and O–H groups in total. The van der Waals surface area contributed by atoms with Crippen molar-refractivity contribution < 1.29 is 14.7 Å². The lowest BCUT2D eigenvalue weighted by Crippen LogP contribution is -2.45. The molecule has 128 valence electrons. The summed E-state index contributed by atoms with van der Waals surface area (Å²) in [5.74, 6) is -0.0142. The van der Waals surface area contributed by atoms with Crippen LogP contribution in [-0.2, 0) is 9.59 Å². The van der Waals surface area contributed by atoms with Crippen LogP contribution in [0.3, 0.4) is 0 Å². The van der Waals surface area contributed by atoms with Crippen molar-refractivity contribution in [2.45, 2.75) is 18.9 Å². The Kier molecular flexibility index (Phi) is 5.27. The zero-order valence-electron chi connectivity index (χ0n) is 13.6. The molecule has 0 aliphatic carbocycles. The van der Waals surface area contributed by atoms with Crippen molar-refractivity contribution in [3.05, 3.63) is 36.5 Å². The second-order valence-corrected chi connectivity index (χ2v) is 6.30. The minimum absolute atomic E-state index is 0.286. The predicted molar refractivity (Wildman–Crippen MR) is 92.9 cm³/mol. The second-order valence-electron chi connectivity index (χ2n) is 6.30. The van der Waals surface area contributed by atoms with Crippen molar-refractivity contribution in [3.8, 4) is 0 Å². The number of hydrogen-bond acceptors (Lipinski definition) is 6. The highest BCUT2D eigenvalue weighted by atomic mass is 16.3. The molecule has 2 heterocycles. The number of anilines is 2. The molecule has 1 aromatic rings. The van der Waals surface area contributed by atoms with Crippen LogP contribution in [0.4, 0.5) is 11.4 Å². The molecule has 6 nitrogen and oxygen atoms in total. The van der Waals surface area contributed by atoms with Crippen molar-refractivity contribution in [2.24, 2.45) is 5.92 Å². The van der Waals surface area contributed by atoms with Crippen LogP contribution in [0.15, 0.2) is 36.5 Å². The normalized spacial score (nSPS) is 21.8. The Bertz CT molecular complexity index is 606. The Morgan fingerprint density at radius 3 is 2.42 bits per heavy atom. The summed E-state index contributed by atoms with van der Waals surface area (Å²) in [4.78, 5) is 26.2. The van der Waals surface area contributed by atoms with Gasteiger partial charge in [0.2, 0.25) is 5.78 Å². The number of hydrogen-bond donors (Lipinski definition) is 2. The number of carbonyl (C=O) groups excluding carboxylic acids is 2. The molecule has 24 heavy (non-hydrogen) atoms. The van der Waals surface area contributed by atoms with Crippen LogP contribution in [0.2, 0.25) is 0 Å². The van der Waals surface area contributed by atoms with Crippen LogP contribution in [0.1, 0.15) is 12.8 Å². The molecule has 6 heteroatoms. The van der Waals surface area contributed by atoms with Crippen LogP contribution < -0.4 is 15.1 Å². The van der Waals surface area contributed by atoms with Gasteiger partial charge in [0.15, 0.2) is 6.29 Å². The molecule has 1 fully saturated rings. The van der Waals surface area contributed by atoms with Crippen molar-refractivity contribution in [1.29, 1.82) is 0 Å². The molecule has 0 amide bonds. The van der Waals surface area contributed by atoms with E-state index < -0.39 is 11.8 Å². The third-order valence-electron chi connectivity index (χ3n) is 4.78. The Balaban J connectivity index is 1.61. The molecule has 1 aromatic carbocycles. The summed E-state index contributed by atoms with van der Waals surface area (Å²) in [6.45, 7) is 2.73. The summed E-state index contributed by atoms with van der Waals surface area (Å²) >= 11 is 0. The molecular formula is C18H23N3O3. The van der Waals surface area contributed by atoms with Gasteiger partial charge in [0.1, 0.15) is 0 Å². The molecule has 2 aliphatic heterocycles. The maximum atomic E-state index is 11.4. The van der Waals surface area contributed by atoms with Gasteiger partial charge in [0, 0.05) is 37.3 Å². The first-order chi connectivity index (χ1) is 11.7. The largest absolute Gasteiger partial charge is 0.396 e. The summed E-state index contributed by atoms with van der Waals surface area (Å²) in [5, 5.41) is 12.3. The first-order valence-corrected chi connectivity index (χ1v) is 8.34. The zero-order chi connectivity index (χ0) is 16.9. The fourth-order valence-corrected chi connectivity index (χ4v) is 3.18. The van der Waals surface area contributed by atoms with E-state index in [1.54, 1.807) is 6.08 Å². The van der Waals surface area contributed by atoms with E-state index in [1.807, 2.05) is 11.1 Å². The van der Waals surface area contributed by atoms with Crippen molar-refractivity contribution in [3.63, 3.8) is 0 Å². The SMILES string of the molecule is O=CC(=O)C1C=CN(c2ccc(N3CCC(CO)CC3)cc2)CN1. The van der Waals surface area contributed by atoms with Gasteiger partial charge in [0.25, 0.3) is 0 Å². The smallest absolute Gasteiger partial charge is 0.216 e. The molecule has 1 saturated heterocycles. The summed E-state index contributed by atoms with van der Waals surface area (Å²) in [7, 11) is 0. The molecule has 1 atom stereocenters. The molecule has 0 saturated carbocycles. The van der Waals surface area contributed by atoms with Gasteiger partial charge in [-0.1, -0.05) is 0 Å². The predicted octanol–water partition coefficient (Wildman–Crippen LogP) is 0.913. The van der Waals surface area contributed by atoms with Crippen LogP contribution in [0, 0.1) is 5.92 Å². The van der Waals surface area contributed by atoms with Crippen LogP contribution >= 0.6 is 0 Å². The topological polar surface area (TPSA) is 72.9 Å². The number of piperidine rings is 1. The number of nitrogens with zero attached hydrogens (tertiary/aromatic N) is 2. The Labute approximate surface area is 141 Å². The van der Waals surface area contributed by atoms with Crippen molar-refractivity contribution >= 4 is 23.4 Å². The molecular weight excluding hydrogens is 306 g/mol. The van der Waals surface area contributed by atoms with Gasteiger partial charge in [-0.2, -0.15) is 0 Å². The molecule has 0 spiro atoms. The monoisotopic (exact) mass is 329 g/mol. The molecule has 0 radical (unpaired) electrons. The average molecular weight is 329 g/mol. The van der Waals surface area contributed by atoms with Gasteiger partial charge in [-0.15, -0.1) is 0 Å². The third kappa shape index (κ3) is 3.66. The highest BCUT2D eigenvalue weighted by Gasteiger charge is 2.20. The van der Waals surface area contributed by atoms with E-state index in [0.29, 0.717) is 18.9 Å². The Hall–Kier alpha value is -2.18. The quantitative estimate of drug-likeness (QED) is 0.618. The van der Waals surface area contributed by atoms with Crippen LogP contribution in [0.5, 0.6) is 0 Å². The number of aldehydes is 1. The summed E-state index contributed by atoms with van der Waals surface area (Å²) < 4.78 is 0. The van der Waals surface area contributed by atoms with E-state index in [4.69, 9.17) is 0 Å². The number of Topliss-reactive ketones (excluding diaryl/α,β-unsaturated/α-hetero) is 1. The molecule has 2 aliphatic rings. The Morgan fingerprint density at radius 1 is 1.21 bits per heavy atom. The summed E-state index contributed by atoms with van der Waals surface area (Å²) in [6.07, 6.45) is 5.96. The lowest BCUT2D eigenvalue weighted by atomic mass is 9.97. The number of rotatable bonds is 5. The van der Waals surface area contributed by atoms with Crippen LogP contribution in [0.25, 0.3) is 0 Å². The minimum Gasteiger partial charge on any atom is -0.396 e. The van der Waals surface area contributed by atoms with E-state index >= 15 is 0 Å². The lowest BCUT2D eigenvalue weighted by Gasteiger charge is -2.33. The maximum absolute atomic E-state index is 11.4. The van der Waals surface area contributed by atoms with Gasteiger partial charge < -0.3 is 14.9 Å². The standard InChI is InChI=1S/C18H23N3O3/c22-11-14-5-8-20(9-6-14)15-1-3-16(4-2-15)21-10-7-17(19-13-21)18(24)12-23/h1-4,7,10,12,14,17,19,22H,5-6,8-9,11,13H2. The van der Waals surface area contributed by atoms with E-state index in [-0.39, 0.29) is 6.61 Å². The van der Waals surface area contributed by atoms with E-state index in [9.17, 15) is 14.7 Å². The highest BCUT2D eigenvalue weighted by Crippen LogP contribution is 2.26. The van der Waals surface area contributed by atoms with E-state index in [0.717, 1.165) is 31.6 Å². The number of ketones is 1. The van der Waals surface area contributed by atoms with Gasteiger partial charge in [0.05, 0.1) is 12.7 Å². The van der Waals surface area contributed by atoms with Crippen molar-refractivity contribution in [1.82, 2.24) is 5.32 Å². The highest BCUT2D eigenvalue weighted by molar-refractivity contribution is 6.28. The van der Waals surface area contributed by atoms with E-state index in [2.05, 4.69) is 34.5 Å².